The van der Waals surface area contributed by atoms with Gasteiger partial charge in [-0.05, 0) is 40.0 Å². The summed E-state index contributed by atoms with van der Waals surface area (Å²) in [5.74, 6) is 0. The van der Waals surface area contributed by atoms with Gasteiger partial charge in [0.2, 0.25) is 0 Å². The summed E-state index contributed by atoms with van der Waals surface area (Å²) in [5.41, 5.74) is 0.00197. The number of rotatable bonds is 9. The number of hydrogen-bond acceptors (Lipinski definition) is 2. The van der Waals surface area contributed by atoms with Crippen LogP contribution in [0.25, 0.3) is 0 Å². The minimum atomic E-state index is 0.00197. The third kappa shape index (κ3) is 13.9. The Kier molecular flexibility index (Phi) is 9.12. The summed E-state index contributed by atoms with van der Waals surface area (Å²) in [6, 6.07) is 0. The molecule has 0 saturated carbocycles. The molecule has 2 nitrogen and oxygen atoms in total. The van der Waals surface area contributed by atoms with Crippen molar-refractivity contribution in [3.63, 3.8) is 0 Å². The minimum absolute atomic E-state index is 0.00197. The second-order valence-corrected chi connectivity index (χ2v) is 4.99. The first kappa shape index (κ1) is 14.9. The first-order chi connectivity index (χ1) is 7.06. The summed E-state index contributed by atoms with van der Waals surface area (Å²) >= 11 is 0. The maximum atomic E-state index is 5.62. The molecule has 0 N–H and O–H groups in total. The summed E-state index contributed by atoms with van der Waals surface area (Å²) < 4.78 is 11.1. The van der Waals surface area contributed by atoms with Gasteiger partial charge in [-0.15, -0.1) is 0 Å². The van der Waals surface area contributed by atoms with E-state index in [0.717, 1.165) is 32.7 Å². The lowest BCUT2D eigenvalue weighted by Crippen LogP contribution is -2.19. The lowest BCUT2D eigenvalue weighted by Gasteiger charge is -2.19. The van der Waals surface area contributed by atoms with E-state index in [1.165, 1.54) is 19.3 Å². The molecule has 0 radical (unpaired) electrons. The molecule has 0 unspecified atom stereocenters. The maximum Gasteiger partial charge on any atom is 0.0598 e. The summed E-state index contributed by atoms with van der Waals surface area (Å²) in [6.07, 6.45) is 5.97. The maximum absolute atomic E-state index is 5.62. The van der Waals surface area contributed by atoms with E-state index in [4.69, 9.17) is 9.47 Å². The topological polar surface area (TPSA) is 18.5 Å². The molecule has 92 valence electrons. The van der Waals surface area contributed by atoms with E-state index in [0.29, 0.717) is 0 Å². The molecule has 2 heteroatoms. The van der Waals surface area contributed by atoms with Gasteiger partial charge in [-0.3, -0.25) is 0 Å². The molecule has 0 spiro atoms. The Morgan fingerprint density at radius 3 is 1.87 bits per heavy atom. The van der Waals surface area contributed by atoms with Crippen LogP contribution in [0, 0.1) is 0 Å². The molecule has 0 heterocycles. The fourth-order valence-electron chi connectivity index (χ4n) is 1.24. The van der Waals surface area contributed by atoms with Gasteiger partial charge in [-0.2, -0.15) is 0 Å². The Morgan fingerprint density at radius 1 is 0.800 bits per heavy atom. The molecular weight excluding hydrogens is 188 g/mol. The molecule has 0 atom stereocenters. The second-order valence-electron chi connectivity index (χ2n) is 4.99. The van der Waals surface area contributed by atoms with Gasteiger partial charge in [-0.25, -0.2) is 0 Å². The van der Waals surface area contributed by atoms with Gasteiger partial charge >= 0.3 is 0 Å². The first-order valence-electron chi connectivity index (χ1n) is 6.28. The van der Waals surface area contributed by atoms with Crippen molar-refractivity contribution < 1.29 is 9.47 Å². The van der Waals surface area contributed by atoms with Gasteiger partial charge < -0.3 is 9.47 Å². The molecule has 0 aromatic rings. The molecule has 0 aliphatic heterocycles. The van der Waals surface area contributed by atoms with Gasteiger partial charge in [0.05, 0.1) is 5.60 Å². The van der Waals surface area contributed by atoms with E-state index < -0.39 is 0 Å². The van der Waals surface area contributed by atoms with Crippen LogP contribution in [0.1, 0.15) is 59.8 Å². The quantitative estimate of drug-likeness (QED) is 0.546. The Labute approximate surface area is 95.3 Å². The van der Waals surface area contributed by atoms with Gasteiger partial charge in [-0.1, -0.05) is 19.8 Å². The second kappa shape index (κ2) is 9.17. The van der Waals surface area contributed by atoms with Gasteiger partial charge in [0, 0.05) is 19.8 Å². The first-order valence-corrected chi connectivity index (χ1v) is 6.28. The number of unbranched alkanes of at least 4 members (excludes halogenated alkanes) is 3. The van der Waals surface area contributed by atoms with Crippen LogP contribution in [0.15, 0.2) is 0 Å². The average molecular weight is 216 g/mol. The molecule has 0 aromatic carbocycles. The summed E-state index contributed by atoms with van der Waals surface area (Å²) in [6.45, 7) is 11.1. The van der Waals surface area contributed by atoms with Crippen molar-refractivity contribution in [3.8, 4) is 0 Å². The standard InChI is InChI=1S/C13H28O2/c1-5-6-7-10-14-11-8-9-12-15-13(2,3)4/h5-12H2,1-4H3. The molecule has 0 aliphatic carbocycles. The molecule has 15 heavy (non-hydrogen) atoms. The highest BCUT2D eigenvalue weighted by Gasteiger charge is 2.08. The summed E-state index contributed by atoms with van der Waals surface area (Å²) in [4.78, 5) is 0. The predicted molar refractivity (Wildman–Crippen MR) is 65.3 cm³/mol. The Morgan fingerprint density at radius 2 is 1.33 bits per heavy atom. The smallest absolute Gasteiger partial charge is 0.0598 e. The van der Waals surface area contributed by atoms with E-state index in [1.807, 2.05) is 0 Å². The van der Waals surface area contributed by atoms with Crippen molar-refractivity contribution in [2.24, 2.45) is 0 Å². The third-order valence-electron chi connectivity index (χ3n) is 2.11. The van der Waals surface area contributed by atoms with Crippen molar-refractivity contribution in [1.29, 1.82) is 0 Å². The summed E-state index contributed by atoms with van der Waals surface area (Å²) in [5, 5.41) is 0. The SMILES string of the molecule is CCCCCOCCCCOC(C)(C)C. The predicted octanol–water partition coefficient (Wildman–Crippen LogP) is 3.79. The van der Waals surface area contributed by atoms with Crippen molar-refractivity contribution in [2.45, 2.75) is 65.4 Å². The number of hydrogen-bond donors (Lipinski definition) is 0. The highest BCUT2D eigenvalue weighted by atomic mass is 16.5. The largest absolute Gasteiger partial charge is 0.381 e. The fraction of sp³-hybridized carbons (Fsp3) is 1.00. The van der Waals surface area contributed by atoms with Crippen LogP contribution in [-0.2, 0) is 9.47 Å². The molecule has 0 amide bonds. The van der Waals surface area contributed by atoms with Crippen molar-refractivity contribution >= 4 is 0 Å². The monoisotopic (exact) mass is 216 g/mol. The lowest BCUT2D eigenvalue weighted by atomic mass is 10.2. The molecule has 0 saturated heterocycles. The lowest BCUT2D eigenvalue weighted by molar-refractivity contribution is -0.00732. The van der Waals surface area contributed by atoms with Gasteiger partial charge in [0.25, 0.3) is 0 Å². The van der Waals surface area contributed by atoms with Crippen molar-refractivity contribution in [1.82, 2.24) is 0 Å². The van der Waals surface area contributed by atoms with Gasteiger partial charge in [0.1, 0.15) is 0 Å². The van der Waals surface area contributed by atoms with Crippen LogP contribution < -0.4 is 0 Å². The zero-order chi connectivity index (χ0) is 11.6. The minimum Gasteiger partial charge on any atom is -0.381 e. The van der Waals surface area contributed by atoms with E-state index >= 15 is 0 Å². The zero-order valence-corrected chi connectivity index (χ0v) is 11.0. The molecule has 0 fully saturated rings. The Bertz CT molecular complexity index is 127. The Hall–Kier alpha value is -0.0800. The van der Waals surface area contributed by atoms with E-state index in [9.17, 15) is 0 Å². The normalized spacial score (nSPS) is 12.0. The van der Waals surface area contributed by atoms with Crippen LogP contribution in [0.5, 0.6) is 0 Å². The van der Waals surface area contributed by atoms with Crippen molar-refractivity contribution in [3.05, 3.63) is 0 Å². The highest BCUT2D eigenvalue weighted by molar-refractivity contribution is 4.58. The van der Waals surface area contributed by atoms with E-state index in [1.54, 1.807) is 0 Å². The average Bonchev–Trinajstić information content (AvgIpc) is 2.14. The van der Waals surface area contributed by atoms with Crippen LogP contribution in [0.3, 0.4) is 0 Å². The van der Waals surface area contributed by atoms with E-state index in [2.05, 4.69) is 27.7 Å². The molecule has 0 bridgehead atoms. The van der Waals surface area contributed by atoms with Gasteiger partial charge in [0.15, 0.2) is 0 Å². The number of ether oxygens (including phenoxy) is 2. The molecule has 0 aliphatic rings. The molecule has 0 aromatic heterocycles. The van der Waals surface area contributed by atoms with Crippen LogP contribution >= 0.6 is 0 Å². The van der Waals surface area contributed by atoms with Crippen molar-refractivity contribution in [2.75, 3.05) is 19.8 Å². The summed E-state index contributed by atoms with van der Waals surface area (Å²) in [7, 11) is 0. The van der Waals surface area contributed by atoms with Crippen LogP contribution in [-0.4, -0.2) is 25.4 Å². The molecular formula is C13H28O2. The van der Waals surface area contributed by atoms with Crippen LogP contribution in [0.4, 0.5) is 0 Å². The molecule has 0 rings (SSSR count). The van der Waals surface area contributed by atoms with Crippen LogP contribution in [0.2, 0.25) is 0 Å². The Balaban J connectivity index is 2.99. The third-order valence-corrected chi connectivity index (χ3v) is 2.11. The van der Waals surface area contributed by atoms with E-state index in [-0.39, 0.29) is 5.60 Å². The fourth-order valence-corrected chi connectivity index (χ4v) is 1.24. The zero-order valence-electron chi connectivity index (χ0n) is 11.0. The highest BCUT2D eigenvalue weighted by Crippen LogP contribution is 2.07.